The van der Waals surface area contributed by atoms with Crippen LogP contribution in [0.25, 0.3) is 10.2 Å². The van der Waals surface area contributed by atoms with E-state index in [0.29, 0.717) is 6.54 Å². The molecule has 0 atom stereocenters. The van der Waals surface area contributed by atoms with E-state index in [1.165, 1.54) is 5.56 Å². The molecule has 0 fully saturated rings. The Labute approximate surface area is 149 Å². The van der Waals surface area contributed by atoms with Gasteiger partial charge < -0.3 is 9.64 Å². The first-order chi connectivity index (χ1) is 12.0. The fraction of sp³-hybridized carbons (Fsp3) is 0.389. The van der Waals surface area contributed by atoms with Gasteiger partial charge in [-0.25, -0.2) is 9.97 Å². The minimum absolute atomic E-state index is 0.0436. The SMILES string of the molecule is COc1ccc(C)c2sc(N3CCc4nc(C)n(C)c(=O)c4C3)nc12. The van der Waals surface area contributed by atoms with Crippen molar-refractivity contribution in [2.75, 3.05) is 18.6 Å². The van der Waals surface area contributed by atoms with Gasteiger partial charge in [-0.1, -0.05) is 17.4 Å². The van der Waals surface area contributed by atoms with Crippen molar-refractivity contribution in [1.29, 1.82) is 0 Å². The van der Waals surface area contributed by atoms with Crippen molar-refractivity contribution in [2.24, 2.45) is 7.05 Å². The van der Waals surface area contributed by atoms with Gasteiger partial charge in [0.05, 0.1) is 29.6 Å². The third-order valence-corrected chi connectivity index (χ3v) is 6.09. The Hall–Kier alpha value is -2.41. The summed E-state index contributed by atoms with van der Waals surface area (Å²) in [5.41, 5.74) is 3.82. The van der Waals surface area contributed by atoms with Crippen LogP contribution in [0.5, 0.6) is 5.75 Å². The fourth-order valence-electron chi connectivity index (χ4n) is 3.25. The van der Waals surface area contributed by atoms with Crippen LogP contribution in [-0.2, 0) is 20.0 Å². The van der Waals surface area contributed by atoms with Crippen molar-refractivity contribution in [3.8, 4) is 5.75 Å². The van der Waals surface area contributed by atoms with Gasteiger partial charge in [-0.2, -0.15) is 0 Å². The second-order valence-corrected chi connectivity index (χ2v) is 7.36. The maximum atomic E-state index is 12.6. The summed E-state index contributed by atoms with van der Waals surface area (Å²) in [6.07, 6.45) is 0.762. The van der Waals surface area contributed by atoms with E-state index >= 15 is 0 Å². The van der Waals surface area contributed by atoms with Gasteiger partial charge in [0.2, 0.25) is 0 Å². The average Bonchev–Trinajstić information content (AvgIpc) is 3.06. The largest absolute Gasteiger partial charge is 0.494 e. The van der Waals surface area contributed by atoms with Gasteiger partial charge in [0, 0.05) is 20.0 Å². The van der Waals surface area contributed by atoms with E-state index in [2.05, 4.69) is 22.9 Å². The molecule has 0 N–H and O–H groups in total. The van der Waals surface area contributed by atoms with Crippen LogP contribution in [0.15, 0.2) is 16.9 Å². The van der Waals surface area contributed by atoms with E-state index < -0.39 is 0 Å². The van der Waals surface area contributed by atoms with Gasteiger partial charge in [-0.15, -0.1) is 0 Å². The maximum absolute atomic E-state index is 12.6. The Bertz CT molecular complexity index is 1040. The van der Waals surface area contributed by atoms with Crippen LogP contribution >= 0.6 is 11.3 Å². The molecule has 0 saturated carbocycles. The van der Waals surface area contributed by atoms with Crippen LogP contribution in [0.2, 0.25) is 0 Å². The molecule has 2 aromatic heterocycles. The molecule has 1 aromatic carbocycles. The van der Waals surface area contributed by atoms with E-state index in [4.69, 9.17) is 9.72 Å². The molecule has 4 rings (SSSR count). The molecule has 0 unspecified atom stereocenters. The topological polar surface area (TPSA) is 60.2 Å². The minimum Gasteiger partial charge on any atom is -0.494 e. The molecule has 1 aliphatic heterocycles. The number of nitrogens with zero attached hydrogens (tertiary/aromatic N) is 4. The number of hydrogen-bond donors (Lipinski definition) is 0. The summed E-state index contributed by atoms with van der Waals surface area (Å²) in [4.78, 5) is 24.2. The zero-order valence-electron chi connectivity index (χ0n) is 14.8. The number of hydrogen-bond acceptors (Lipinski definition) is 6. The highest BCUT2D eigenvalue weighted by molar-refractivity contribution is 7.22. The molecular weight excluding hydrogens is 336 g/mol. The number of rotatable bonds is 2. The molecule has 3 aromatic rings. The predicted molar refractivity (Wildman–Crippen MR) is 99.9 cm³/mol. The Morgan fingerprint density at radius 3 is 2.80 bits per heavy atom. The second kappa shape index (κ2) is 5.84. The van der Waals surface area contributed by atoms with Crippen molar-refractivity contribution in [2.45, 2.75) is 26.8 Å². The quantitative estimate of drug-likeness (QED) is 0.706. The number of benzene rings is 1. The lowest BCUT2D eigenvalue weighted by Crippen LogP contribution is -2.38. The predicted octanol–water partition coefficient (Wildman–Crippen LogP) is 2.58. The van der Waals surface area contributed by atoms with Crippen LogP contribution < -0.4 is 15.2 Å². The summed E-state index contributed by atoms with van der Waals surface area (Å²) in [5.74, 6) is 1.55. The zero-order chi connectivity index (χ0) is 17.7. The summed E-state index contributed by atoms with van der Waals surface area (Å²) in [6.45, 7) is 5.32. The summed E-state index contributed by atoms with van der Waals surface area (Å²) in [7, 11) is 3.44. The lowest BCUT2D eigenvalue weighted by molar-refractivity contribution is 0.419. The van der Waals surface area contributed by atoms with Gasteiger partial charge in [0.1, 0.15) is 17.1 Å². The van der Waals surface area contributed by atoms with Gasteiger partial charge in [0.25, 0.3) is 5.56 Å². The van der Waals surface area contributed by atoms with E-state index in [0.717, 1.165) is 51.1 Å². The number of thiazole rings is 1. The first-order valence-corrected chi connectivity index (χ1v) is 9.05. The second-order valence-electron chi connectivity index (χ2n) is 6.38. The Morgan fingerprint density at radius 1 is 1.24 bits per heavy atom. The van der Waals surface area contributed by atoms with Crippen LogP contribution in [-0.4, -0.2) is 28.2 Å². The molecule has 0 saturated heterocycles. The molecule has 0 aliphatic carbocycles. The molecule has 0 spiro atoms. The van der Waals surface area contributed by atoms with Crippen molar-refractivity contribution in [1.82, 2.24) is 14.5 Å². The molecule has 3 heterocycles. The Kier molecular flexibility index (Phi) is 3.76. The van der Waals surface area contributed by atoms with Crippen molar-refractivity contribution >= 4 is 26.7 Å². The van der Waals surface area contributed by atoms with Crippen molar-refractivity contribution in [3.05, 3.63) is 45.1 Å². The number of anilines is 1. The third kappa shape index (κ3) is 2.50. The lowest BCUT2D eigenvalue weighted by Gasteiger charge is -2.27. The van der Waals surface area contributed by atoms with Gasteiger partial charge >= 0.3 is 0 Å². The maximum Gasteiger partial charge on any atom is 0.258 e. The highest BCUT2D eigenvalue weighted by Gasteiger charge is 2.24. The van der Waals surface area contributed by atoms with Crippen LogP contribution in [0, 0.1) is 13.8 Å². The Morgan fingerprint density at radius 2 is 2.04 bits per heavy atom. The third-order valence-electron chi connectivity index (χ3n) is 4.84. The summed E-state index contributed by atoms with van der Waals surface area (Å²) in [6, 6.07) is 4.01. The van der Waals surface area contributed by atoms with Gasteiger partial charge in [-0.3, -0.25) is 9.36 Å². The molecule has 130 valence electrons. The van der Waals surface area contributed by atoms with E-state index in [1.807, 2.05) is 13.0 Å². The molecular formula is C18H20N4O2S. The number of ether oxygens (including phenoxy) is 1. The van der Waals surface area contributed by atoms with Crippen molar-refractivity contribution in [3.63, 3.8) is 0 Å². The highest BCUT2D eigenvalue weighted by atomic mass is 32.1. The summed E-state index contributed by atoms with van der Waals surface area (Å²) >= 11 is 1.65. The lowest BCUT2D eigenvalue weighted by atomic mass is 10.1. The monoisotopic (exact) mass is 356 g/mol. The minimum atomic E-state index is 0.0436. The molecule has 25 heavy (non-hydrogen) atoms. The van der Waals surface area contributed by atoms with Crippen LogP contribution in [0.3, 0.4) is 0 Å². The molecule has 0 amide bonds. The molecule has 6 nitrogen and oxygen atoms in total. The van der Waals surface area contributed by atoms with Gasteiger partial charge in [0.15, 0.2) is 5.13 Å². The summed E-state index contributed by atoms with van der Waals surface area (Å²) < 4.78 is 8.20. The molecule has 0 bridgehead atoms. The zero-order valence-corrected chi connectivity index (χ0v) is 15.6. The first-order valence-electron chi connectivity index (χ1n) is 8.24. The molecule has 7 heteroatoms. The van der Waals surface area contributed by atoms with Gasteiger partial charge in [-0.05, 0) is 25.5 Å². The van der Waals surface area contributed by atoms with E-state index in [1.54, 1.807) is 30.1 Å². The van der Waals surface area contributed by atoms with Crippen LogP contribution in [0.1, 0.15) is 22.6 Å². The fourth-order valence-corrected chi connectivity index (χ4v) is 4.33. The molecule has 0 radical (unpaired) electrons. The number of methoxy groups -OCH3 is 1. The number of aromatic nitrogens is 3. The molecule has 1 aliphatic rings. The van der Waals surface area contributed by atoms with E-state index in [-0.39, 0.29) is 5.56 Å². The Balaban J connectivity index is 1.77. The van der Waals surface area contributed by atoms with Crippen LogP contribution in [0.4, 0.5) is 5.13 Å². The smallest absolute Gasteiger partial charge is 0.258 e. The number of fused-ring (bicyclic) bond motifs is 2. The normalized spacial score (nSPS) is 14.0. The summed E-state index contributed by atoms with van der Waals surface area (Å²) in [5, 5.41) is 0.927. The van der Waals surface area contributed by atoms with Crippen molar-refractivity contribution < 1.29 is 4.74 Å². The van der Waals surface area contributed by atoms with E-state index in [9.17, 15) is 4.79 Å². The first kappa shape index (κ1) is 16.1. The standard InChI is InChI=1S/C18H20N4O2S/c1-10-5-6-14(24-4)15-16(10)25-18(20-15)22-8-7-13-12(9-22)17(23)21(3)11(2)19-13/h5-6H,7-9H2,1-4H3. The highest BCUT2D eigenvalue weighted by Crippen LogP contribution is 2.37. The average molecular weight is 356 g/mol. The number of aryl methyl sites for hydroxylation is 2.